The molecule has 0 atom stereocenters. The van der Waals surface area contributed by atoms with Crippen molar-refractivity contribution in [3.8, 4) is 5.75 Å². The van der Waals surface area contributed by atoms with Crippen LogP contribution in [0.1, 0.15) is 15.9 Å². The number of carbonyl (C=O) groups is 1. The van der Waals surface area contributed by atoms with E-state index < -0.39 is 21.7 Å². The smallest absolute Gasteiger partial charge is 0.259 e. The summed E-state index contributed by atoms with van der Waals surface area (Å²) >= 11 is 17.9. The molecule has 1 aliphatic rings. The third-order valence-electron chi connectivity index (χ3n) is 4.47. The van der Waals surface area contributed by atoms with E-state index in [1.807, 2.05) is 6.07 Å². The predicted molar refractivity (Wildman–Crippen MR) is 110 cm³/mol. The summed E-state index contributed by atoms with van der Waals surface area (Å²) in [6.07, 6.45) is 0. The lowest BCUT2D eigenvalue weighted by Crippen LogP contribution is -2.50. The van der Waals surface area contributed by atoms with Gasteiger partial charge in [-0.15, -0.1) is 0 Å². The van der Waals surface area contributed by atoms with Gasteiger partial charge < -0.3 is 10.0 Å². The van der Waals surface area contributed by atoms with Crippen LogP contribution in [0.4, 0.5) is 0 Å². The quantitative estimate of drug-likeness (QED) is 0.702. The van der Waals surface area contributed by atoms with Crippen LogP contribution in [0.3, 0.4) is 0 Å². The Labute approximate surface area is 178 Å². The highest BCUT2D eigenvalue weighted by Crippen LogP contribution is 2.39. The number of hydrogen-bond acceptors (Lipinski definition) is 4. The number of halogens is 3. The Kier molecular flexibility index (Phi) is 6.41. The van der Waals surface area contributed by atoms with Crippen molar-refractivity contribution in [2.24, 2.45) is 0 Å². The monoisotopic (exact) mass is 462 g/mol. The Morgan fingerprint density at radius 2 is 1.61 bits per heavy atom. The molecule has 1 amide bonds. The molecule has 1 fully saturated rings. The van der Waals surface area contributed by atoms with Crippen LogP contribution in [-0.4, -0.2) is 54.8 Å². The molecule has 0 spiro atoms. The fourth-order valence-electron chi connectivity index (χ4n) is 2.98. The van der Waals surface area contributed by atoms with Crippen molar-refractivity contribution in [1.82, 2.24) is 9.21 Å². The molecule has 0 aromatic heterocycles. The molecule has 1 saturated heterocycles. The van der Waals surface area contributed by atoms with Crippen LogP contribution >= 0.6 is 34.8 Å². The molecule has 150 valence electrons. The van der Waals surface area contributed by atoms with Crippen molar-refractivity contribution < 1.29 is 18.3 Å². The van der Waals surface area contributed by atoms with Gasteiger partial charge in [0.25, 0.3) is 5.91 Å². The maximum atomic E-state index is 12.8. The van der Waals surface area contributed by atoms with Crippen molar-refractivity contribution in [3.05, 3.63) is 62.6 Å². The van der Waals surface area contributed by atoms with Gasteiger partial charge in [0.05, 0.1) is 20.8 Å². The highest BCUT2D eigenvalue weighted by atomic mass is 35.5. The summed E-state index contributed by atoms with van der Waals surface area (Å²) < 4.78 is 26.6. The van der Waals surface area contributed by atoms with Crippen LogP contribution in [0.5, 0.6) is 5.75 Å². The third kappa shape index (κ3) is 4.39. The molecule has 6 nitrogen and oxygen atoms in total. The molecule has 0 bridgehead atoms. The largest absolute Gasteiger partial charge is 0.505 e. The average Bonchev–Trinajstić information content (AvgIpc) is 2.67. The molecule has 3 rings (SSSR count). The number of benzene rings is 2. The number of phenolic OH excluding ortho intramolecular Hbond substituents is 1. The molecule has 28 heavy (non-hydrogen) atoms. The maximum absolute atomic E-state index is 12.8. The molecule has 1 heterocycles. The number of phenols is 1. The van der Waals surface area contributed by atoms with Gasteiger partial charge in [0.2, 0.25) is 10.0 Å². The first kappa shape index (κ1) is 21.2. The minimum absolute atomic E-state index is 0.0527. The molecule has 0 saturated carbocycles. The van der Waals surface area contributed by atoms with Crippen molar-refractivity contribution in [2.45, 2.75) is 5.75 Å². The molecule has 0 radical (unpaired) electrons. The lowest BCUT2D eigenvalue weighted by molar-refractivity contribution is 0.0695. The third-order valence-corrected chi connectivity index (χ3v) is 7.40. The summed E-state index contributed by atoms with van der Waals surface area (Å²) in [5.41, 5.74) is 0.519. The number of rotatable bonds is 4. The lowest BCUT2D eigenvalue weighted by Gasteiger charge is -2.34. The van der Waals surface area contributed by atoms with E-state index >= 15 is 0 Å². The molecule has 1 N–H and O–H groups in total. The maximum Gasteiger partial charge on any atom is 0.259 e. The van der Waals surface area contributed by atoms with Gasteiger partial charge in [-0.3, -0.25) is 4.79 Å². The van der Waals surface area contributed by atoms with Crippen molar-refractivity contribution >= 4 is 50.7 Å². The van der Waals surface area contributed by atoms with Crippen LogP contribution in [0.2, 0.25) is 15.1 Å². The summed E-state index contributed by atoms with van der Waals surface area (Å²) in [5.74, 6) is -1.09. The lowest BCUT2D eigenvalue weighted by atomic mass is 10.1. The topological polar surface area (TPSA) is 77.9 Å². The summed E-state index contributed by atoms with van der Waals surface area (Å²) in [6.45, 7) is 0.612. The van der Waals surface area contributed by atoms with Crippen LogP contribution in [0.25, 0.3) is 0 Å². The van der Waals surface area contributed by atoms with E-state index in [1.54, 1.807) is 24.3 Å². The second kappa shape index (κ2) is 8.47. The number of piperazine rings is 1. The van der Waals surface area contributed by atoms with Gasteiger partial charge in [0.1, 0.15) is 11.3 Å². The molecule has 1 aliphatic heterocycles. The van der Waals surface area contributed by atoms with E-state index in [4.69, 9.17) is 34.8 Å². The van der Waals surface area contributed by atoms with E-state index in [-0.39, 0.29) is 52.6 Å². The molecular formula is C18H17Cl3N2O4S. The SMILES string of the molecule is O=C(c1c(O)c(Cl)cc(Cl)c1Cl)N1CCN(S(=O)(=O)Cc2ccccc2)CC1. The summed E-state index contributed by atoms with van der Waals surface area (Å²) in [5, 5.41) is 10.0. The van der Waals surface area contributed by atoms with E-state index in [2.05, 4.69) is 0 Å². The Bertz CT molecular complexity index is 965. The fourth-order valence-corrected chi connectivity index (χ4v) is 5.19. The van der Waals surface area contributed by atoms with E-state index in [0.29, 0.717) is 5.56 Å². The molecule has 2 aromatic rings. The second-order valence-corrected chi connectivity index (χ2v) is 9.47. The van der Waals surface area contributed by atoms with Gasteiger partial charge in [-0.1, -0.05) is 65.1 Å². The van der Waals surface area contributed by atoms with Crippen molar-refractivity contribution in [3.63, 3.8) is 0 Å². The predicted octanol–water partition coefficient (Wildman–Crippen LogP) is 3.64. The van der Waals surface area contributed by atoms with Gasteiger partial charge in [-0.05, 0) is 11.6 Å². The minimum Gasteiger partial charge on any atom is -0.505 e. The molecule has 0 aliphatic carbocycles. The normalized spacial score (nSPS) is 15.6. The zero-order valence-corrected chi connectivity index (χ0v) is 17.7. The van der Waals surface area contributed by atoms with Gasteiger partial charge in [-0.25, -0.2) is 8.42 Å². The van der Waals surface area contributed by atoms with Crippen molar-refractivity contribution in [2.75, 3.05) is 26.2 Å². The number of carbonyl (C=O) groups excluding carboxylic acids is 1. The summed E-state index contributed by atoms with van der Waals surface area (Å²) in [7, 11) is -3.50. The highest BCUT2D eigenvalue weighted by Gasteiger charge is 2.32. The van der Waals surface area contributed by atoms with E-state index in [9.17, 15) is 18.3 Å². The summed E-state index contributed by atoms with van der Waals surface area (Å²) in [6, 6.07) is 10.2. The standard InChI is InChI=1S/C18H17Cl3N2O4S/c19-13-10-14(20)17(24)15(16(13)21)18(25)22-6-8-23(9-7-22)28(26,27)11-12-4-2-1-3-5-12/h1-5,10,24H,6-9,11H2. The zero-order valence-electron chi connectivity index (χ0n) is 14.6. The van der Waals surface area contributed by atoms with Gasteiger partial charge in [0, 0.05) is 26.2 Å². The van der Waals surface area contributed by atoms with Gasteiger partial charge in [-0.2, -0.15) is 4.31 Å². The van der Waals surface area contributed by atoms with Crippen LogP contribution < -0.4 is 0 Å². The Balaban J connectivity index is 1.71. The second-order valence-electron chi connectivity index (χ2n) is 6.31. The minimum atomic E-state index is -3.50. The van der Waals surface area contributed by atoms with E-state index in [0.717, 1.165) is 0 Å². The average molecular weight is 464 g/mol. The number of aromatic hydroxyl groups is 1. The van der Waals surface area contributed by atoms with Gasteiger partial charge in [0.15, 0.2) is 0 Å². The van der Waals surface area contributed by atoms with Crippen LogP contribution in [0, 0.1) is 0 Å². The first-order valence-electron chi connectivity index (χ1n) is 8.38. The van der Waals surface area contributed by atoms with Crippen molar-refractivity contribution in [1.29, 1.82) is 0 Å². The molecule has 0 unspecified atom stereocenters. The Morgan fingerprint density at radius 1 is 1.00 bits per heavy atom. The molecule has 2 aromatic carbocycles. The Hall–Kier alpha value is -1.51. The number of hydrogen-bond donors (Lipinski definition) is 1. The van der Waals surface area contributed by atoms with Crippen LogP contribution in [0.15, 0.2) is 36.4 Å². The first-order chi connectivity index (χ1) is 13.2. The molecular weight excluding hydrogens is 447 g/mol. The summed E-state index contributed by atoms with van der Waals surface area (Å²) in [4.78, 5) is 14.2. The number of amides is 1. The fraction of sp³-hybridized carbons (Fsp3) is 0.278. The number of nitrogens with zero attached hydrogens (tertiary/aromatic N) is 2. The number of sulfonamides is 1. The van der Waals surface area contributed by atoms with Gasteiger partial charge >= 0.3 is 0 Å². The molecule has 10 heteroatoms. The first-order valence-corrected chi connectivity index (χ1v) is 11.1. The van der Waals surface area contributed by atoms with Crippen LogP contribution in [-0.2, 0) is 15.8 Å². The van der Waals surface area contributed by atoms with E-state index in [1.165, 1.54) is 15.3 Å². The highest BCUT2D eigenvalue weighted by molar-refractivity contribution is 7.88. The zero-order chi connectivity index (χ0) is 20.5. The Morgan fingerprint density at radius 3 is 2.21 bits per heavy atom.